The molecular formula is C22H35N3O2. The average Bonchev–Trinajstić information content (AvgIpc) is 3.18. The molecule has 0 aliphatic heterocycles. The number of aliphatic hydroxyl groups is 1. The smallest absolute Gasteiger partial charge is 0.191 e. The summed E-state index contributed by atoms with van der Waals surface area (Å²) in [5, 5.41) is 16.7. The van der Waals surface area contributed by atoms with Gasteiger partial charge in [-0.25, -0.2) is 0 Å². The van der Waals surface area contributed by atoms with E-state index >= 15 is 0 Å². The van der Waals surface area contributed by atoms with Crippen molar-refractivity contribution in [3.8, 4) is 5.75 Å². The molecule has 5 heteroatoms. The van der Waals surface area contributed by atoms with Gasteiger partial charge < -0.3 is 20.5 Å². The van der Waals surface area contributed by atoms with Crippen LogP contribution in [0.3, 0.4) is 0 Å². The van der Waals surface area contributed by atoms with E-state index in [-0.39, 0.29) is 11.5 Å². The van der Waals surface area contributed by atoms with E-state index in [1.807, 2.05) is 6.07 Å². The van der Waals surface area contributed by atoms with Gasteiger partial charge in [0.25, 0.3) is 0 Å². The van der Waals surface area contributed by atoms with Crippen molar-refractivity contribution in [1.82, 2.24) is 10.6 Å². The number of nitrogens with one attached hydrogen (secondary N) is 2. The highest BCUT2D eigenvalue weighted by atomic mass is 16.5. The summed E-state index contributed by atoms with van der Waals surface area (Å²) < 4.78 is 5.67. The van der Waals surface area contributed by atoms with Crippen molar-refractivity contribution < 1.29 is 9.84 Å². The maximum atomic E-state index is 9.74. The number of aliphatic hydroxyl groups excluding tert-OH is 1. The summed E-state index contributed by atoms with van der Waals surface area (Å²) in [5.41, 5.74) is 1.36. The van der Waals surface area contributed by atoms with Crippen molar-refractivity contribution in [2.24, 2.45) is 4.99 Å². The third kappa shape index (κ3) is 4.95. The lowest BCUT2D eigenvalue weighted by atomic mass is 9.78. The van der Waals surface area contributed by atoms with Crippen LogP contribution >= 0.6 is 0 Å². The molecule has 2 fully saturated rings. The van der Waals surface area contributed by atoms with Crippen LogP contribution in [-0.4, -0.2) is 43.4 Å². The van der Waals surface area contributed by atoms with Crippen LogP contribution in [0.25, 0.3) is 0 Å². The lowest BCUT2D eigenvalue weighted by Gasteiger charge is -2.31. The Bertz CT molecular complexity index is 618. The van der Waals surface area contributed by atoms with Crippen LogP contribution in [0.1, 0.15) is 63.9 Å². The second-order valence-corrected chi connectivity index (χ2v) is 8.03. The molecule has 2 aliphatic rings. The topological polar surface area (TPSA) is 65.9 Å². The Kier molecular flexibility index (Phi) is 7.00. The first-order valence-corrected chi connectivity index (χ1v) is 10.5. The summed E-state index contributed by atoms with van der Waals surface area (Å²) in [4.78, 5) is 5.01. The number of rotatable bonds is 6. The Balaban J connectivity index is 1.75. The van der Waals surface area contributed by atoms with Gasteiger partial charge in [-0.15, -0.1) is 0 Å². The fourth-order valence-corrected chi connectivity index (χ4v) is 4.61. The molecule has 3 rings (SSSR count). The summed E-state index contributed by atoms with van der Waals surface area (Å²) in [6, 6.07) is 8.82. The zero-order chi connectivity index (χ0) is 19.1. The molecule has 0 spiro atoms. The molecule has 1 aromatic rings. The Labute approximate surface area is 163 Å². The SMILES string of the molecule is CCNC(=NCC1(c2ccccc2OC)CCCC1)NC1CCC(O)CC1. The lowest BCUT2D eigenvalue weighted by Crippen LogP contribution is -2.46. The summed E-state index contributed by atoms with van der Waals surface area (Å²) >= 11 is 0. The fraction of sp³-hybridized carbons (Fsp3) is 0.682. The number of aliphatic imine (C=N–C) groups is 1. The molecule has 0 unspecified atom stereocenters. The van der Waals surface area contributed by atoms with Gasteiger partial charge in [0.15, 0.2) is 5.96 Å². The number of hydrogen-bond acceptors (Lipinski definition) is 3. The second kappa shape index (κ2) is 9.45. The maximum Gasteiger partial charge on any atom is 0.191 e. The molecule has 0 radical (unpaired) electrons. The highest BCUT2D eigenvalue weighted by Crippen LogP contribution is 2.44. The van der Waals surface area contributed by atoms with E-state index < -0.39 is 0 Å². The van der Waals surface area contributed by atoms with Gasteiger partial charge >= 0.3 is 0 Å². The molecule has 150 valence electrons. The minimum Gasteiger partial charge on any atom is -0.496 e. The monoisotopic (exact) mass is 373 g/mol. The Morgan fingerprint density at radius 2 is 1.89 bits per heavy atom. The molecule has 1 aromatic carbocycles. The number of hydrogen-bond donors (Lipinski definition) is 3. The van der Waals surface area contributed by atoms with Crippen LogP contribution in [-0.2, 0) is 5.41 Å². The molecule has 0 atom stereocenters. The van der Waals surface area contributed by atoms with Gasteiger partial charge in [0.1, 0.15) is 5.75 Å². The summed E-state index contributed by atoms with van der Waals surface area (Å²) in [7, 11) is 1.76. The Morgan fingerprint density at radius 1 is 1.19 bits per heavy atom. The first-order chi connectivity index (χ1) is 13.2. The molecule has 5 nitrogen and oxygen atoms in total. The van der Waals surface area contributed by atoms with Crippen molar-refractivity contribution in [3.05, 3.63) is 29.8 Å². The molecule has 27 heavy (non-hydrogen) atoms. The predicted molar refractivity (Wildman–Crippen MR) is 111 cm³/mol. The molecule has 0 bridgehead atoms. The molecule has 0 amide bonds. The van der Waals surface area contributed by atoms with Gasteiger partial charge in [-0.1, -0.05) is 31.0 Å². The van der Waals surface area contributed by atoms with Gasteiger partial charge in [-0.05, 0) is 51.5 Å². The molecule has 0 heterocycles. The molecule has 2 aliphatic carbocycles. The molecule has 0 aromatic heterocycles. The van der Waals surface area contributed by atoms with Crippen molar-refractivity contribution in [1.29, 1.82) is 0 Å². The summed E-state index contributed by atoms with van der Waals surface area (Å²) in [6.45, 7) is 3.73. The molecule has 2 saturated carbocycles. The van der Waals surface area contributed by atoms with Gasteiger partial charge in [0, 0.05) is 23.6 Å². The minimum atomic E-state index is -0.130. The Hall–Kier alpha value is -1.75. The first kappa shape index (κ1) is 20.0. The van der Waals surface area contributed by atoms with Gasteiger partial charge in [0.05, 0.1) is 19.8 Å². The van der Waals surface area contributed by atoms with E-state index in [4.69, 9.17) is 9.73 Å². The first-order valence-electron chi connectivity index (χ1n) is 10.5. The van der Waals surface area contributed by atoms with E-state index in [0.29, 0.717) is 6.04 Å². The third-order valence-electron chi connectivity index (χ3n) is 6.16. The van der Waals surface area contributed by atoms with Gasteiger partial charge in [-0.3, -0.25) is 4.99 Å². The van der Waals surface area contributed by atoms with E-state index in [9.17, 15) is 5.11 Å². The number of guanidine groups is 1. The molecule has 3 N–H and O–H groups in total. The fourth-order valence-electron chi connectivity index (χ4n) is 4.61. The quantitative estimate of drug-likeness (QED) is 0.528. The highest BCUT2D eigenvalue weighted by molar-refractivity contribution is 5.80. The van der Waals surface area contributed by atoms with Crippen LogP contribution in [0.4, 0.5) is 0 Å². The maximum absolute atomic E-state index is 9.74. The van der Waals surface area contributed by atoms with Crippen LogP contribution in [0, 0.1) is 0 Å². The number of nitrogens with zero attached hydrogens (tertiary/aromatic N) is 1. The highest BCUT2D eigenvalue weighted by Gasteiger charge is 2.37. The Morgan fingerprint density at radius 3 is 2.56 bits per heavy atom. The van der Waals surface area contributed by atoms with Crippen LogP contribution < -0.4 is 15.4 Å². The summed E-state index contributed by atoms with van der Waals surface area (Å²) in [5.74, 6) is 1.88. The van der Waals surface area contributed by atoms with Crippen molar-refractivity contribution in [2.45, 2.75) is 75.9 Å². The largest absolute Gasteiger partial charge is 0.496 e. The average molecular weight is 374 g/mol. The van der Waals surface area contributed by atoms with E-state index in [0.717, 1.165) is 63.3 Å². The predicted octanol–water partition coefficient (Wildman–Crippen LogP) is 3.37. The van der Waals surface area contributed by atoms with Gasteiger partial charge in [0.2, 0.25) is 0 Å². The normalized spacial score (nSPS) is 25.2. The van der Waals surface area contributed by atoms with Crippen LogP contribution in [0.5, 0.6) is 5.75 Å². The standard InChI is InChI=1S/C22H35N3O2/c1-3-23-21(25-17-10-12-18(26)13-11-17)24-16-22(14-6-7-15-22)19-8-4-5-9-20(19)27-2/h4-5,8-9,17-18,26H,3,6-7,10-16H2,1-2H3,(H2,23,24,25). The number of methoxy groups -OCH3 is 1. The van der Waals surface area contributed by atoms with Gasteiger partial charge in [-0.2, -0.15) is 0 Å². The zero-order valence-electron chi connectivity index (χ0n) is 16.8. The number of para-hydroxylation sites is 1. The van der Waals surface area contributed by atoms with E-state index in [1.54, 1.807) is 7.11 Å². The van der Waals surface area contributed by atoms with E-state index in [2.05, 4.69) is 35.8 Å². The van der Waals surface area contributed by atoms with Crippen LogP contribution in [0.2, 0.25) is 0 Å². The molecule has 0 saturated heterocycles. The summed E-state index contributed by atoms with van der Waals surface area (Å²) in [6.07, 6.45) is 8.44. The number of ether oxygens (including phenoxy) is 1. The van der Waals surface area contributed by atoms with Crippen molar-refractivity contribution in [3.63, 3.8) is 0 Å². The van der Waals surface area contributed by atoms with E-state index in [1.165, 1.54) is 18.4 Å². The van der Waals surface area contributed by atoms with Crippen molar-refractivity contribution in [2.75, 3.05) is 20.2 Å². The zero-order valence-corrected chi connectivity index (χ0v) is 16.8. The number of benzene rings is 1. The lowest BCUT2D eigenvalue weighted by molar-refractivity contribution is 0.120. The molecular weight excluding hydrogens is 338 g/mol. The second-order valence-electron chi connectivity index (χ2n) is 8.03. The minimum absolute atomic E-state index is 0.0672. The van der Waals surface area contributed by atoms with Crippen LogP contribution in [0.15, 0.2) is 29.3 Å². The third-order valence-corrected chi connectivity index (χ3v) is 6.16. The van der Waals surface area contributed by atoms with Crippen molar-refractivity contribution >= 4 is 5.96 Å².